The van der Waals surface area contributed by atoms with Gasteiger partial charge >= 0.3 is 0 Å². The Balaban J connectivity index is 1.60. The van der Waals surface area contributed by atoms with E-state index in [2.05, 4.69) is 16.0 Å². The molecule has 1 atom stereocenters. The Bertz CT molecular complexity index is 1180. The summed E-state index contributed by atoms with van der Waals surface area (Å²) in [5.41, 5.74) is 5.25. The van der Waals surface area contributed by atoms with Gasteiger partial charge in [0.05, 0.1) is 23.5 Å². The van der Waals surface area contributed by atoms with Crippen molar-refractivity contribution in [3.63, 3.8) is 0 Å². The largest absolute Gasteiger partial charge is 0.346 e. The molecule has 1 unspecified atom stereocenters. The Hall–Kier alpha value is -3.11. The molecule has 1 heterocycles. The highest BCUT2D eigenvalue weighted by atomic mass is 35.5. The Labute approximate surface area is 181 Å². The predicted molar refractivity (Wildman–Crippen MR) is 122 cm³/mol. The molecule has 4 aromatic rings. The van der Waals surface area contributed by atoms with E-state index >= 15 is 0 Å². The van der Waals surface area contributed by atoms with Gasteiger partial charge in [-0.2, -0.15) is 0 Å². The minimum Gasteiger partial charge on any atom is -0.346 e. The normalized spacial score (nSPS) is 12.1. The standard InChI is InChI=1S/C25H24ClN3O/c1-17-7-3-4-8-20(17)15-24(30)27-18(2)25-28-22-9-5-6-10-23(22)29(25)16-19-11-13-21(26)14-12-19/h3-14,18H,15-16H2,1-2H3,(H,27,30). The molecule has 0 radical (unpaired) electrons. The van der Waals surface area contributed by atoms with Gasteiger partial charge in [-0.15, -0.1) is 0 Å². The topological polar surface area (TPSA) is 46.9 Å². The van der Waals surface area contributed by atoms with Crippen LogP contribution in [0.3, 0.4) is 0 Å². The number of carbonyl (C=O) groups is 1. The number of amides is 1. The second kappa shape index (κ2) is 8.72. The van der Waals surface area contributed by atoms with Crippen LogP contribution in [0.5, 0.6) is 0 Å². The van der Waals surface area contributed by atoms with Crippen molar-refractivity contribution in [2.75, 3.05) is 0 Å². The van der Waals surface area contributed by atoms with E-state index in [-0.39, 0.29) is 11.9 Å². The molecule has 1 N–H and O–H groups in total. The smallest absolute Gasteiger partial charge is 0.225 e. The zero-order chi connectivity index (χ0) is 21.1. The minimum absolute atomic E-state index is 0.0121. The fourth-order valence-electron chi connectivity index (χ4n) is 3.70. The van der Waals surface area contributed by atoms with Crippen LogP contribution in [0.2, 0.25) is 5.02 Å². The third-order valence-corrected chi connectivity index (χ3v) is 5.57. The van der Waals surface area contributed by atoms with Crippen molar-refractivity contribution in [3.8, 4) is 0 Å². The average molecular weight is 418 g/mol. The first kappa shape index (κ1) is 20.2. The molecule has 0 aliphatic heterocycles. The van der Waals surface area contributed by atoms with E-state index in [1.54, 1.807) is 0 Å². The first-order valence-corrected chi connectivity index (χ1v) is 10.4. The van der Waals surface area contributed by atoms with E-state index in [0.29, 0.717) is 18.0 Å². The van der Waals surface area contributed by atoms with Crippen LogP contribution in [0.1, 0.15) is 35.5 Å². The highest BCUT2D eigenvalue weighted by molar-refractivity contribution is 6.30. The predicted octanol–water partition coefficient (Wildman–Crippen LogP) is 5.47. The van der Waals surface area contributed by atoms with Crippen LogP contribution in [0.4, 0.5) is 0 Å². The summed E-state index contributed by atoms with van der Waals surface area (Å²) in [6.45, 7) is 4.66. The zero-order valence-corrected chi connectivity index (χ0v) is 17.9. The van der Waals surface area contributed by atoms with Crippen LogP contribution in [0.15, 0.2) is 72.8 Å². The Kier molecular flexibility index (Phi) is 5.86. The average Bonchev–Trinajstić information content (AvgIpc) is 3.10. The number of hydrogen-bond donors (Lipinski definition) is 1. The van der Waals surface area contributed by atoms with Crippen LogP contribution in [0, 0.1) is 6.92 Å². The third-order valence-electron chi connectivity index (χ3n) is 5.32. The van der Waals surface area contributed by atoms with E-state index in [1.807, 2.05) is 80.6 Å². The Morgan fingerprint density at radius 1 is 1.03 bits per heavy atom. The number of hydrogen-bond acceptors (Lipinski definition) is 2. The molecule has 0 saturated heterocycles. The van der Waals surface area contributed by atoms with Gasteiger partial charge in [0.25, 0.3) is 0 Å². The van der Waals surface area contributed by atoms with E-state index < -0.39 is 0 Å². The molecule has 0 bridgehead atoms. The molecule has 5 heteroatoms. The number of fused-ring (bicyclic) bond motifs is 1. The number of para-hydroxylation sites is 2. The molecule has 1 amide bonds. The van der Waals surface area contributed by atoms with Crippen LogP contribution in [-0.2, 0) is 17.8 Å². The number of aromatic nitrogens is 2. The van der Waals surface area contributed by atoms with Gasteiger partial charge in [-0.25, -0.2) is 4.98 Å². The summed E-state index contributed by atoms with van der Waals surface area (Å²) < 4.78 is 2.16. The van der Waals surface area contributed by atoms with Gasteiger partial charge in [-0.05, 0) is 54.8 Å². The van der Waals surface area contributed by atoms with Gasteiger partial charge in [-0.1, -0.05) is 60.1 Å². The van der Waals surface area contributed by atoms with Crippen molar-refractivity contribution in [2.24, 2.45) is 0 Å². The summed E-state index contributed by atoms with van der Waals surface area (Å²) in [5, 5.41) is 3.84. The lowest BCUT2D eigenvalue weighted by molar-refractivity contribution is -0.121. The van der Waals surface area contributed by atoms with E-state index in [1.165, 1.54) is 0 Å². The molecule has 0 aliphatic carbocycles. The lowest BCUT2D eigenvalue weighted by Gasteiger charge is -2.17. The van der Waals surface area contributed by atoms with Crippen LogP contribution in [-0.4, -0.2) is 15.5 Å². The van der Waals surface area contributed by atoms with Crippen molar-refractivity contribution >= 4 is 28.5 Å². The monoisotopic (exact) mass is 417 g/mol. The molecule has 0 spiro atoms. The Morgan fingerprint density at radius 3 is 2.50 bits per heavy atom. The van der Waals surface area contributed by atoms with Gasteiger partial charge in [0, 0.05) is 11.6 Å². The number of benzene rings is 3. The summed E-state index contributed by atoms with van der Waals surface area (Å²) in [5.74, 6) is 0.825. The molecule has 4 rings (SSSR count). The number of imidazole rings is 1. The quantitative estimate of drug-likeness (QED) is 0.452. The molecule has 0 fully saturated rings. The molecule has 0 saturated carbocycles. The maximum Gasteiger partial charge on any atom is 0.225 e. The number of nitrogens with one attached hydrogen (secondary N) is 1. The molecule has 3 aromatic carbocycles. The van der Waals surface area contributed by atoms with Gasteiger partial charge in [-0.3, -0.25) is 4.79 Å². The van der Waals surface area contributed by atoms with Crippen molar-refractivity contribution < 1.29 is 4.79 Å². The van der Waals surface area contributed by atoms with Crippen LogP contribution < -0.4 is 5.32 Å². The minimum atomic E-state index is -0.221. The summed E-state index contributed by atoms with van der Waals surface area (Å²) in [7, 11) is 0. The number of aryl methyl sites for hydroxylation is 1. The van der Waals surface area contributed by atoms with Crippen LogP contribution >= 0.6 is 11.6 Å². The van der Waals surface area contributed by atoms with E-state index in [0.717, 1.165) is 33.5 Å². The zero-order valence-electron chi connectivity index (χ0n) is 17.1. The summed E-state index contributed by atoms with van der Waals surface area (Å²) >= 11 is 6.04. The van der Waals surface area contributed by atoms with Gasteiger partial charge in [0.1, 0.15) is 5.82 Å². The molecule has 0 aliphatic rings. The fourth-order valence-corrected chi connectivity index (χ4v) is 3.83. The summed E-state index contributed by atoms with van der Waals surface area (Å²) in [6.07, 6.45) is 0.356. The van der Waals surface area contributed by atoms with E-state index in [9.17, 15) is 4.79 Å². The third kappa shape index (κ3) is 4.39. The van der Waals surface area contributed by atoms with E-state index in [4.69, 9.17) is 16.6 Å². The first-order valence-electron chi connectivity index (χ1n) is 10.0. The van der Waals surface area contributed by atoms with Crippen molar-refractivity contribution in [2.45, 2.75) is 32.9 Å². The van der Waals surface area contributed by atoms with Gasteiger partial charge < -0.3 is 9.88 Å². The van der Waals surface area contributed by atoms with Crippen molar-refractivity contribution in [1.82, 2.24) is 14.9 Å². The molecule has 152 valence electrons. The first-order chi connectivity index (χ1) is 14.5. The van der Waals surface area contributed by atoms with Crippen molar-refractivity contribution in [3.05, 3.63) is 100 Å². The number of halogens is 1. The number of carbonyl (C=O) groups excluding carboxylic acids is 1. The second-order valence-corrected chi connectivity index (χ2v) is 8.00. The second-order valence-electron chi connectivity index (χ2n) is 7.56. The molecular formula is C25H24ClN3O. The highest BCUT2D eigenvalue weighted by Gasteiger charge is 2.19. The molecule has 30 heavy (non-hydrogen) atoms. The van der Waals surface area contributed by atoms with Gasteiger partial charge in [0.2, 0.25) is 5.91 Å². The molecule has 1 aromatic heterocycles. The van der Waals surface area contributed by atoms with Crippen LogP contribution in [0.25, 0.3) is 11.0 Å². The van der Waals surface area contributed by atoms with Gasteiger partial charge in [0.15, 0.2) is 0 Å². The SMILES string of the molecule is Cc1ccccc1CC(=O)NC(C)c1nc2ccccc2n1Cc1ccc(Cl)cc1. The number of nitrogens with zero attached hydrogens (tertiary/aromatic N) is 2. The maximum atomic E-state index is 12.7. The number of rotatable bonds is 6. The molecular weight excluding hydrogens is 394 g/mol. The molecule has 4 nitrogen and oxygen atoms in total. The fraction of sp³-hybridized carbons (Fsp3) is 0.200. The lowest BCUT2D eigenvalue weighted by atomic mass is 10.1. The summed E-state index contributed by atoms with van der Waals surface area (Å²) in [4.78, 5) is 17.5. The van der Waals surface area contributed by atoms with Crippen molar-refractivity contribution in [1.29, 1.82) is 0 Å². The maximum absolute atomic E-state index is 12.7. The lowest BCUT2D eigenvalue weighted by Crippen LogP contribution is -2.30. The summed E-state index contributed by atoms with van der Waals surface area (Å²) in [6, 6.07) is 23.6. The highest BCUT2D eigenvalue weighted by Crippen LogP contribution is 2.23. The Morgan fingerprint density at radius 2 is 1.73 bits per heavy atom.